The molecule has 0 aliphatic carbocycles. The van der Waals surface area contributed by atoms with Crippen LogP contribution in [0.4, 0.5) is 5.95 Å². The van der Waals surface area contributed by atoms with Gasteiger partial charge in [0.15, 0.2) is 0 Å². The van der Waals surface area contributed by atoms with Crippen molar-refractivity contribution < 1.29 is 5.11 Å². The zero-order valence-corrected chi connectivity index (χ0v) is 16.7. The monoisotopic (exact) mass is 389 g/mol. The Morgan fingerprint density at radius 1 is 1.30 bits per heavy atom. The molecular weight excluding hydrogens is 362 g/mol. The van der Waals surface area contributed by atoms with Crippen molar-refractivity contribution in [3.63, 3.8) is 0 Å². The summed E-state index contributed by atoms with van der Waals surface area (Å²) in [4.78, 5) is 11.1. The lowest BCUT2D eigenvalue weighted by atomic mass is 9.94. The third kappa shape index (κ3) is 5.17. The summed E-state index contributed by atoms with van der Waals surface area (Å²) in [5.74, 6) is 0.725. The molecule has 0 spiro atoms. The minimum atomic E-state index is -0.571. The smallest absolute Gasteiger partial charge is 0.223 e. The molecule has 1 aromatic carbocycles. The molecule has 6 nitrogen and oxygen atoms in total. The lowest BCUT2D eigenvalue weighted by Crippen LogP contribution is -2.41. The molecule has 0 saturated carbocycles. The van der Waals surface area contributed by atoms with Crippen molar-refractivity contribution in [1.29, 1.82) is 0 Å². The standard InChI is InChI=1S/C20H28ClN5O/c1-13(2)24-20-23-11-15-7-8-26(12-18(15)25-20)19(27)9-16(10-22)14-3-5-17(21)6-4-14/h3-6,11,13,16,19,27H,7-10,12,22H2,1-2H3,(H,23,24,25). The van der Waals surface area contributed by atoms with Gasteiger partial charge in [-0.15, -0.1) is 0 Å². The second-order valence-electron chi connectivity index (χ2n) is 7.39. The first-order chi connectivity index (χ1) is 13.0. The molecule has 2 heterocycles. The van der Waals surface area contributed by atoms with Gasteiger partial charge in [0.1, 0.15) is 6.23 Å². The predicted molar refractivity (Wildman–Crippen MR) is 109 cm³/mol. The van der Waals surface area contributed by atoms with E-state index in [0.717, 1.165) is 29.8 Å². The van der Waals surface area contributed by atoms with Gasteiger partial charge in [0, 0.05) is 30.4 Å². The second-order valence-corrected chi connectivity index (χ2v) is 7.82. The summed E-state index contributed by atoms with van der Waals surface area (Å²) in [6.45, 7) is 6.00. The molecule has 27 heavy (non-hydrogen) atoms. The fraction of sp³-hybridized carbons (Fsp3) is 0.500. The van der Waals surface area contributed by atoms with Crippen molar-refractivity contribution in [3.8, 4) is 0 Å². The van der Waals surface area contributed by atoms with E-state index in [9.17, 15) is 5.11 Å². The van der Waals surface area contributed by atoms with Crippen LogP contribution in [0.2, 0.25) is 5.02 Å². The van der Waals surface area contributed by atoms with Crippen LogP contribution < -0.4 is 11.1 Å². The van der Waals surface area contributed by atoms with Gasteiger partial charge in [0.25, 0.3) is 0 Å². The van der Waals surface area contributed by atoms with E-state index in [0.29, 0.717) is 30.5 Å². The van der Waals surface area contributed by atoms with Gasteiger partial charge in [0.05, 0.1) is 5.69 Å². The maximum absolute atomic E-state index is 10.8. The lowest BCUT2D eigenvalue weighted by Gasteiger charge is -2.33. The van der Waals surface area contributed by atoms with Crippen molar-refractivity contribution >= 4 is 17.5 Å². The first kappa shape index (κ1) is 20.0. The first-order valence-electron chi connectivity index (χ1n) is 9.45. The first-order valence-corrected chi connectivity index (χ1v) is 9.83. The maximum Gasteiger partial charge on any atom is 0.223 e. The molecule has 1 aromatic heterocycles. The number of nitrogens with zero attached hydrogens (tertiary/aromatic N) is 3. The van der Waals surface area contributed by atoms with Crippen molar-refractivity contribution in [3.05, 3.63) is 52.3 Å². The topological polar surface area (TPSA) is 87.3 Å². The lowest BCUT2D eigenvalue weighted by molar-refractivity contribution is -0.0166. The summed E-state index contributed by atoms with van der Waals surface area (Å²) in [5.41, 5.74) is 9.21. The molecule has 0 radical (unpaired) electrons. The molecule has 2 aromatic rings. The van der Waals surface area contributed by atoms with Crippen LogP contribution in [0, 0.1) is 0 Å². The van der Waals surface area contributed by atoms with Crippen LogP contribution >= 0.6 is 11.6 Å². The summed E-state index contributed by atoms with van der Waals surface area (Å²) >= 11 is 5.97. The Labute approximate surface area is 165 Å². The van der Waals surface area contributed by atoms with Crippen LogP contribution in [0.5, 0.6) is 0 Å². The Kier molecular flexibility index (Phi) is 6.65. The average Bonchev–Trinajstić information content (AvgIpc) is 2.65. The number of aliphatic hydroxyl groups is 1. The molecule has 3 rings (SSSR count). The van der Waals surface area contributed by atoms with Gasteiger partial charge in [-0.2, -0.15) is 0 Å². The molecule has 2 atom stereocenters. The molecule has 2 unspecified atom stereocenters. The van der Waals surface area contributed by atoms with Gasteiger partial charge in [0.2, 0.25) is 5.95 Å². The SMILES string of the molecule is CC(C)Nc1ncc2c(n1)CN(C(O)CC(CN)c1ccc(Cl)cc1)CC2. The van der Waals surface area contributed by atoms with Gasteiger partial charge in [-0.25, -0.2) is 9.97 Å². The van der Waals surface area contributed by atoms with Gasteiger partial charge in [-0.1, -0.05) is 23.7 Å². The minimum Gasteiger partial charge on any atom is -0.378 e. The van der Waals surface area contributed by atoms with E-state index >= 15 is 0 Å². The van der Waals surface area contributed by atoms with Crippen LogP contribution in [0.3, 0.4) is 0 Å². The third-order valence-corrected chi connectivity index (χ3v) is 5.19. The number of rotatable bonds is 7. The summed E-state index contributed by atoms with van der Waals surface area (Å²) in [6, 6.07) is 7.97. The number of nitrogens with two attached hydrogens (primary N) is 1. The normalized spacial score (nSPS) is 16.8. The number of nitrogens with one attached hydrogen (secondary N) is 1. The molecule has 0 saturated heterocycles. The van der Waals surface area contributed by atoms with E-state index < -0.39 is 6.23 Å². The zero-order valence-electron chi connectivity index (χ0n) is 15.9. The number of hydrogen-bond acceptors (Lipinski definition) is 6. The molecule has 146 valence electrons. The Hall–Kier alpha value is -1.73. The van der Waals surface area contributed by atoms with Crippen LogP contribution in [0.15, 0.2) is 30.5 Å². The zero-order chi connectivity index (χ0) is 19.4. The van der Waals surface area contributed by atoms with Gasteiger partial charge in [-0.3, -0.25) is 4.90 Å². The minimum absolute atomic E-state index is 0.0854. The number of fused-ring (bicyclic) bond motifs is 1. The third-order valence-electron chi connectivity index (χ3n) is 4.94. The second kappa shape index (κ2) is 8.97. The summed E-state index contributed by atoms with van der Waals surface area (Å²) in [7, 11) is 0. The van der Waals surface area contributed by atoms with Crippen LogP contribution in [0.25, 0.3) is 0 Å². The van der Waals surface area contributed by atoms with Gasteiger partial charge < -0.3 is 16.2 Å². The van der Waals surface area contributed by atoms with E-state index in [-0.39, 0.29) is 12.0 Å². The summed E-state index contributed by atoms with van der Waals surface area (Å²) in [6.07, 6.45) is 2.74. The summed E-state index contributed by atoms with van der Waals surface area (Å²) in [5, 5.41) is 14.8. The van der Waals surface area contributed by atoms with Gasteiger partial charge in [-0.05, 0) is 62.4 Å². The number of aromatic nitrogens is 2. The highest BCUT2D eigenvalue weighted by atomic mass is 35.5. The Morgan fingerprint density at radius 2 is 2.04 bits per heavy atom. The summed E-state index contributed by atoms with van der Waals surface area (Å²) < 4.78 is 0. The number of benzene rings is 1. The molecule has 7 heteroatoms. The molecule has 0 fully saturated rings. The Balaban J connectivity index is 1.67. The van der Waals surface area contributed by atoms with Crippen molar-refractivity contribution in [2.24, 2.45) is 5.73 Å². The van der Waals surface area contributed by atoms with E-state index in [1.807, 2.05) is 30.5 Å². The van der Waals surface area contributed by atoms with E-state index in [2.05, 4.69) is 34.0 Å². The largest absolute Gasteiger partial charge is 0.378 e. The highest BCUT2D eigenvalue weighted by Crippen LogP contribution is 2.26. The van der Waals surface area contributed by atoms with E-state index in [1.165, 1.54) is 0 Å². The maximum atomic E-state index is 10.8. The Bertz CT molecular complexity index is 753. The molecule has 4 N–H and O–H groups in total. The average molecular weight is 390 g/mol. The molecule has 1 aliphatic heterocycles. The number of anilines is 1. The van der Waals surface area contributed by atoms with Crippen LogP contribution in [0.1, 0.15) is 43.0 Å². The fourth-order valence-corrected chi connectivity index (χ4v) is 3.54. The van der Waals surface area contributed by atoms with E-state index in [4.69, 9.17) is 17.3 Å². The molecule has 0 amide bonds. The van der Waals surface area contributed by atoms with Crippen molar-refractivity contribution in [2.75, 3.05) is 18.4 Å². The van der Waals surface area contributed by atoms with Crippen molar-refractivity contribution in [2.45, 2.75) is 51.4 Å². The number of aliphatic hydroxyl groups excluding tert-OH is 1. The molecular formula is C20H28ClN5O. The van der Waals surface area contributed by atoms with Crippen LogP contribution in [-0.2, 0) is 13.0 Å². The number of hydrogen-bond donors (Lipinski definition) is 3. The quantitative estimate of drug-likeness (QED) is 0.675. The van der Waals surface area contributed by atoms with Gasteiger partial charge >= 0.3 is 0 Å². The fourth-order valence-electron chi connectivity index (χ4n) is 3.41. The number of halogens is 1. The molecule has 0 bridgehead atoms. The molecule has 1 aliphatic rings. The highest BCUT2D eigenvalue weighted by Gasteiger charge is 2.26. The highest BCUT2D eigenvalue weighted by molar-refractivity contribution is 6.30. The predicted octanol–water partition coefficient (Wildman–Crippen LogP) is 2.76. The van der Waals surface area contributed by atoms with E-state index in [1.54, 1.807) is 0 Å². The van der Waals surface area contributed by atoms with Crippen molar-refractivity contribution in [1.82, 2.24) is 14.9 Å². The Morgan fingerprint density at radius 3 is 2.70 bits per heavy atom. The van der Waals surface area contributed by atoms with Crippen LogP contribution in [-0.4, -0.2) is 45.3 Å².